The van der Waals surface area contributed by atoms with Gasteiger partial charge in [-0.2, -0.15) is 0 Å². The minimum absolute atomic E-state index is 0.602. The zero-order valence-electron chi connectivity index (χ0n) is 11.1. The van der Waals surface area contributed by atoms with Crippen LogP contribution < -0.4 is 5.73 Å². The first-order valence-corrected chi connectivity index (χ1v) is 7.11. The van der Waals surface area contributed by atoms with E-state index in [1.165, 1.54) is 23.1 Å². The number of anilines is 1. The molecule has 0 radical (unpaired) electrons. The van der Waals surface area contributed by atoms with Crippen molar-refractivity contribution in [2.45, 2.75) is 20.3 Å². The number of nitrogens with zero attached hydrogens (tertiary/aromatic N) is 2. The van der Waals surface area contributed by atoms with Gasteiger partial charge in [0, 0.05) is 24.0 Å². The molecule has 0 unspecified atom stereocenters. The van der Waals surface area contributed by atoms with Gasteiger partial charge in [-0.25, -0.2) is 4.98 Å². The lowest BCUT2D eigenvalue weighted by atomic mass is 10.1. The fraction of sp³-hybridized carbons (Fsp3) is 0.200. The molecule has 0 amide bonds. The Morgan fingerprint density at radius 3 is 2.58 bits per heavy atom. The molecule has 0 fully saturated rings. The summed E-state index contributed by atoms with van der Waals surface area (Å²) in [6, 6.07) is 8.26. The molecule has 3 rings (SSSR count). The highest BCUT2D eigenvalue weighted by molar-refractivity contribution is 7.18. The van der Waals surface area contributed by atoms with E-state index in [2.05, 4.69) is 42.0 Å². The Hall–Kier alpha value is -1.94. The van der Waals surface area contributed by atoms with Crippen molar-refractivity contribution < 1.29 is 0 Å². The Morgan fingerprint density at radius 1 is 1.11 bits per heavy atom. The zero-order chi connectivity index (χ0) is 13.7. The Morgan fingerprint density at radius 2 is 1.89 bits per heavy atom. The van der Waals surface area contributed by atoms with E-state index in [4.69, 9.17) is 5.73 Å². The highest BCUT2D eigenvalue weighted by Gasteiger charge is 2.03. The summed E-state index contributed by atoms with van der Waals surface area (Å²) in [5, 5.41) is 2.92. The van der Waals surface area contributed by atoms with Gasteiger partial charge < -0.3 is 5.73 Å². The number of hydrogen-bond donors (Lipinski definition) is 1. The van der Waals surface area contributed by atoms with E-state index < -0.39 is 0 Å². The molecule has 3 nitrogen and oxygen atoms in total. The van der Waals surface area contributed by atoms with Gasteiger partial charge in [0.05, 0.1) is 4.88 Å². The van der Waals surface area contributed by atoms with E-state index in [-0.39, 0.29) is 0 Å². The molecule has 0 saturated heterocycles. The van der Waals surface area contributed by atoms with Crippen LogP contribution in [0.15, 0.2) is 42.9 Å². The largest absolute Gasteiger partial charge is 0.375 e. The lowest BCUT2D eigenvalue weighted by Crippen LogP contribution is -1.77. The first-order valence-electron chi connectivity index (χ1n) is 6.30. The first kappa shape index (κ1) is 13.5. The minimum Gasteiger partial charge on any atom is -0.375 e. The predicted molar refractivity (Wildman–Crippen MR) is 83.2 cm³/mol. The highest BCUT2D eigenvalue weighted by Crippen LogP contribution is 2.29. The van der Waals surface area contributed by atoms with Crippen molar-refractivity contribution in [1.29, 1.82) is 0 Å². The zero-order valence-corrected chi connectivity index (χ0v) is 11.9. The third-order valence-corrected chi connectivity index (χ3v) is 3.32. The predicted octanol–water partition coefficient (Wildman–Crippen LogP) is 4.36. The number of nitrogen functional groups attached to an aromatic ring is 1. The molecule has 0 bridgehead atoms. The van der Waals surface area contributed by atoms with Crippen LogP contribution in [-0.4, -0.2) is 9.97 Å². The van der Waals surface area contributed by atoms with Crippen molar-refractivity contribution in [1.82, 2.24) is 9.97 Å². The van der Waals surface area contributed by atoms with E-state index in [0.717, 1.165) is 15.8 Å². The van der Waals surface area contributed by atoms with Crippen molar-refractivity contribution in [3.05, 3.63) is 42.9 Å². The van der Waals surface area contributed by atoms with Crippen LogP contribution in [0.4, 0.5) is 5.13 Å². The van der Waals surface area contributed by atoms with E-state index in [9.17, 15) is 0 Å². The Bertz CT molecular complexity index is 661. The summed E-state index contributed by atoms with van der Waals surface area (Å²) >= 11 is 1.50. The maximum absolute atomic E-state index is 5.63. The van der Waals surface area contributed by atoms with Gasteiger partial charge in [-0.3, -0.25) is 4.98 Å². The van der Waals surface area contributed by atoms with Gasteiger partial charge in [-0.1, -0.05) is 43.7 Å². The number of hydrogen-bond acceptors (Lipinski definition) is 4. The van der Waals surface area contributed by atoms with E-state index in [1.54, 1.807) is 6.20 Å². The van der Waals surface area contributed by atoms with Crippen molar-refractivity contribution in [3.8, 4) is 10.4 Å². The maximum Gasteiger partial charge on any atom is 0.180 e. The maximum atomic E-state index is 5.63. The number of benzene rings is 1. The quantitative estimate of drug-likeness (QED) is 0.715. The number of aromatic nitrogens is 2. The van der Waals surface area contributed by atoms with E-state index in [1.807, 2.05) is 18.5 Å². The molecule has 0 spiro atoms. The fourth-order valence-electron chi connectivity index (χ4n) is 1.66. The van der Waals surface area contributed by atoms with Crippen LogP contribution in [0.5, 0.6) is 0 Å². The molecule has 2 N–H and O–H groups in total. The highest BCUT2D eigenvalue weighted by atomic mass is 32.1. The number of rotatable bonds is 1. The molecule has 0 atom stereocenters. The summed E-state index contributed by atoms with van der Waals surface area (Å²) < 4.78 is 0. The molecule has 2 heterocycles. The summed E-state index contributed by atoms with van der Waals surface area (Å²) in [7, 11) is 0. The number of pyridine rings is 1. The smallest absolute Gasteiger partial charge is 0.180 e. The molecular weight excluding hydrogens is 254 g/mol. The van der Waals surface area contributed by atoms with Gasteiger partial charge in [-0.05, 0) is 23.1 Å². The summed E-state index contributed by atoms with van der Waals surface area (Å²) in [4.78, 5) is 9.24. The molecule has 0 aliphatic heterocycles. The van der Waals surface area contributed by atoms with Crippen LogP contribution >= 0.6 is 11.3 Å². The van der Waals surface area contributed by atoms with Gasteiger partial charge in [0.2, 0.25) is 0 Å². The second kappa shape index (κ2) is 6.29. The van der Waals surface area contributed by atoms with Crippen LogP contribution in [0.2, 0.25) is 0 Å². The average Bonchev–Trinajstić information content (AvgIpc) is 2.86. The average molecular weight is 271 g/mol. The SMILES string of the molecule is CCC.Nc1ncc(-c2ccc3cnccc3c2)s1. The third-order valence-electron chi connectivity index (χ3n) is 2.45. The molecule has 0 aliphatic rings. The number of fused-ring (bicyclic) bond motifs is 1. The third kappa shape index (κ3) is 3.29. The Kier molecular flexibility index (Phi) is 4.47. The van der Waals surface area contributed by atoms with Gasteiger partial charge in [0.1, 0.15) is 0 Å². The molecule has 0 saturated carbocycles. The molecular formula is C15H17N3S. The van der Waals surface area contributed by atoms with Gasteiger partial charge in [0.25, 0.3) is 0 Å². The van der Waals surface area contributed by atoms with Gasteiger partial charge in [0.15, 0.2) is 5.13 Å². The van der Waals surface area contributed by atoms with Crippen LogP contribution in [0.25, 0.3) is 21.2 Å². The molecule has 0 aliphatic carbocycles. The van der Waals surface area contributed by atoms with Crippen LogP contribution in [0.1, 0.15) is 20.3 Å². The second-order valence-electron chi connectivity index (χ2n) is 4.21. The van der Waals surface area contributed by atoms with Crippen LogP contribution in [-0.2, 0) is 0 Å². The Balaban J connectivity index is 0.000000408. The second-order valence-corrected chi connectivity index (χ2v) is 5.27. The van der Waals surface area contributed by atoms with Crippen LogP contribution in [0.3, 0.4) is 0 Å². The van der Waals surface area contributed by atoms with Crippen molar-refractivity contribution in [2.75, 3.05) is 5.73 Å². The van der Waals surface area contributed by atoms with E-state index in [0.29, 0.717) is 5.13 Å². The molecule has 4 heteroatoms. The molecule has 3 aromatic rings. The summed E-state index contributed by atoms with van der Waals surface area (Å²) in [5.41, 5.74) is 6.77. The molecule has 19 heavy (non-hydrogen) atoms. The standard InChI is InChI=1S/C12H9N3S.C3H8/c13-12-15-7-11(16-12)9-1-2-10-6-14-4-3-8(10)5-9;1-3-2/h1-7H,(H2,13,15);3H2,1-2H3. The van der Waals surface area contributed by atoms with Crippen molar-refractivity contribution in [3.63, 3.8) is 0 Å². The number of thiazole rings is 1. The minimum atomic E-state index is 0.602. The van der Waals surface area contributed by atoms with Crippen molar-refractivity contribution >= 4 is 27.2 Å². The lowest BCUT2D eigenvalue weighted by Gasteiger charge is -2.00. The molecule has 1 aromatic carbocycles. The molecule has 2 aromatic heterocycles. The first-order chi connectivity index (χ1) is 9.24. The van der Waals surface area contributed by atoms with E-state index >= 15 is 0 Å². The van der Waals surface area contributed by atoms with Crippen molar-refractivity contribution in [2.24, 2.45) is 0 Å². The summed E-state index contributed by atoms with van der Waals surface area (Å²) in [6.45, 7) is 4.25. The molecule has 98 valence electrons. The Labute approximate surface area is 117 Å². The van der Waals surface area contributed by atoms with Gasteiger partial charge in [-0.15, -0.1) is 0 Å². The summed E-state index contributed by atoms with van der Waals surface area (Å²) in [6.07, 6.45) is 6.72. The lowest BCUT2D eigenvalue weighted by molar-refractivity contribution is 1.09. The van der Waals surface area contributed by atoms with Gasteiger partial charge >= 0.3 is 0 Å². The fourth-order valence-corrected chi connectivity index (χ4v) is 2.34. The summed E-state index contributed by atoms with van der Waals surface area (Å²) in [5.74, 6) is 0. The normalized spacial score (nSPS) is 10.0. The number of nitrogens with two attached hydrogens (primary N) is 1. The van der Waals surface area contributed by atoms with Crippen LogP contribution in [0, 0.1) is 0 Å². The topological polar surface area (TPSA) is 51.8 Å². The monoisotopic (exact) mass is 271 g/mol.